The second kappa shape index (κ2) is 5.04. The van der Waals surface area contributed by atoms with E-state index >= 15 is 0 Å². The lowest BCUT2D eigenvalue weighted by molar-refractivity contribution is 0.0589. The highest BCUT2D eigenvalue weighted by Gasteiger charge is 2.19. The van der Waals surface area contributed by atoms with Crippen molar-refractivity contribution >= 4 is 5.97 Å². The summed E-state index contributed by atoms with van der Waals surface area (Å²) in [7, 11) is 1.32. The van der Waals surface area contributed by atoms with Crippen molar-refractivity contribution in [3.63, 3.8) is 0 Å². The number of rotatable bonds is 3. The van der Waals surface area contributed by atoms with Crippen molar-refractivity contribution in [3.05, 3.63) is 48.0 Å². The van der Waals surface area contributed by atoms with Gasteiger partial charge in [-0.1, -0.05) is 18.2 Å². The van der Waals surface area contributed by atoms with Crippen LogP contribution in [0.25, 0.3) is 11.1 Å². The second-order valence-corrected chi connectivity index (χ2v) is 3.84. The van der Waals surface area contributed by atoms with E-state index < -0.39 is 5.97 Å². The maximum Gasteiger partial charge on any atom is 0.355 e. The predicted octanol–water partition coefficient (Wildman–Crippen LogP) is 3.10. The second-order valence-electron chi connectivity index (χ2n) is 3.84. The van der Waals surface area contributed by atoms with Crippen LogP contribution in [0.1, 0.15) is 17.4 Å². The molecule has 94 valence electrons. The zero-order valence-electron chi connectivity index (χ0n) is 10.3. The van der Waals surface area contributed by atoms with Crippen molar-refractivity contribution in [2.45, 2.75) is 13.5 Å². The largest absolute Gasteiger partial charge is 0.464 e. The highest BCUT2D eigenvalue weighted by Crippen LogP contribution is 2.27. The lowest BCUT2D eigenvalue weighted by atomic mass is 10.1. The lowest BCUT2D eigenvalue weighted by Crippen LogP contribution is -2.10. The third-order valence-corrected chi connectivity index (χ3v) is 2.85. The number of methoxy groups -OCH3 is 1. The van der Waals surface area contributed by atoms with Gasteiger partial charge >= 0.3 is 5.97 Å². The van der Waals surface area contributed by atoms with Gasteiger partial charge in [0.25, 0.3) is 0 Å². The third-order valence-electron chi connectivity index (χ3n) is 2.85. The van der Waals surface area contributed by atoms with Crippen LogP contribution in [-0.4, -0.2) is 17.6 Å². The number of benzene rings is 1. The molecule has 0 unspecified atom stereocenters. The van der Waals surface area contributed by atoms with Crippen molar-refractivity contribution in [1.29, 1.82) is 0 Å². The molecule has 0 aliphatic carbocycles. The van der Waals surface area contributed by atoms with Crippen LogP contribution in [0.4, 0.5) is 4.39 Å². The van der Waals surface area contributed by atoms with E-state index in [4.69, 9.17) is 4.74 Å². The van der Waals surface area contributed by atoms with Gasteiger partial charge in [-0.3, -0.25) is 0 Å². The Hall–Kier alpha value is -2.10. The highest BCUT2D eigenvalue weighted by atomic mass is 19.1. The van der Waals surface area contributed by atoms with Gasteiger partial charge in [-0.25, -0.2) is 9.18 Å². The van der Waals surface area contributed by atoms with Gasteiger partial charge in [0.05, 0.1) is 7.11 Å². The normalized spacial score (nSPS) is 10.4. The monoisotopic (exact) mass is 247 g/mol. The molecular formula is C14H14FNO2. The zero-order valence-corrected chi connectivity index (χ0v) is 10.3. The standard InChI is InChI=1S/C14H14FNO2/c1-3-16-9-8-11(13(16)14(17)18-2)10-6-4-5-7-12(10)15/h4-9H,3H2,1-2H3. The summed E-state index contributed by atoms with van der Waals surface area (Å²) in [5.74, 6) is -0.809. The van der Waals surface area contributed by atoms with E-state index in [9.17, 15) is 9.18 Å². The van der Waals surface area contributed by atoms with Crippen LogP contribution < -0.4 is 0 Å². The molecule has 0 aliphatic heterocycles. The van der Waals surface area contributed by atoms with Gasteiger partial charge in [0.2, 0.25) is 0 Å². The number of ether oxygens (including phenoxy) is 1. The summed E-state index contributed by atoms with van der Waals surface area (Å²) in [6, 6.07) is 8.11. The lowest BCUT2D eigenvalue weighted by Gasteiger charge is -2.08. The molecule has 0 aliphatic rings. The number of nitrogens with zero attached hydrogens (tertiary/aromatic N) is 1. The minimum absolute atomic E-state index is 0.350. The van der Waals surface area contributed by atoms with Crippen molar-refractivity contribution in [1.82, 2.24) is 4.57 Å². The Bertz CT molecular complexity index is 575. The SMILES string of the molecule is CCn1ccc(-c2ccccc2F)c1C(=O)OC. The summed E-state index contributed by atoms with van der Waals surface area (Å²) in [5, 5.41) is 0. The summed E-state index contributed by atoms with van der Waals surface area (Å²) >= 11 is 0. The number of hydrogen-bond donors (Lipinski definition) is 0. The maximum absolute atomic E-state index is 13.8. The molecular weight excluding hydrogens is 233 g/mol. The van der Waals surface area contributed by atoms with Gasteiger partial charge < -0.3 is 9.30 Å². The Kier molecular flexibility index (Phi) is 3.46. The van der Waals surface area contributed by atoms with Gasteiger partial charge in [0.15, 0.2) is 0 Å². The first-order valence-electron chi connectivity index (χ1n) is 5.71. The average Bonchev–Trinajstić information content (AvgIpc) is 2.82. The van der Waals surface area contributed by atoms with Crippen LogP contribution >= 0.6 is 0 Å². The molecule has 2 aromatic rings. The fraction of sp³-hybridized carbons (Fsp3) is 0.214. The molecule has 0 bridgehead atoms. The molecule has 18 heavy (non-hydrogen) atoms. The van der Waals surface area contributed by atoms with Crippen LogP contribution in [0, 0.1) is 5.82 Å². The highest BCUT2D eigenvalue weighted by molar-refractivity contribution is 5.96. The molecule has 1 aromatic heterocycles. The first-order valence-corrected chi connectivity index (χ1v) is 5.71. The van der Waals surface area contributed by atoms with Crippen molar-refractivity contribution in [2.24, 2.45) is 0 Å². The molecule has 0 saturated heterocycles. The van der Waals surface area contributed by atoms with E-state index in [1.165, 1.54) is 13.2 Å². The van der Waals surface area contributed by atoms with Crippen LogP contribution in [0.15, 0.2) is 36.5 Å². The summed E-state index contributed by atoms with van der Waals surface area (Å²) < 4.78 is 20.3. The van der Waals surface area contributed by atoms with E-state index in [2.05, 4.69) is 0 Å². The molecule has 0 saturated carbocycles. The van der Waals surface area contributed by atoms with Crippen LogP contribution in [0.3, 0.4) is 0 Å². The Labute approximate surface area is 105 Å². The first kappa shape index (κ1) is 12.4. The fourth-order valence-corrected chi connectivity index (χ4v) is 1.96. The number of aryl methyl sites for hydroxylation is 1. The Morgan fingerprint density at radius 3 is 2.61 bits per heavy atom. The molecule has 2 rings (SSSR count). The Morgan fingerprint density at radius 2 is 2.00 bits per heavy atom. The minimum Gasteiger partial charge on any atom is -0.464 e. The van der Waals surface area contributed by atoms with Gasteiger partial charge in [-0.2, -0.15) is 0 Å². The van der Waals surface area contributed by atoms with Crippen molar-refractivity contribution in [2.75, 3.05) is 7.11 Å². The number of halogens is 1. The predicted molar refractivity (Wildman–Crippen MR) is 66.8 cm³/mol. The fourth-order valence-electron chi connectivity index (χ4n) is 1.96. The van der Waals surface area contributed by atoms with Gasteiger partial charge in [-0.15, -0.1) is 0 Å². The van der Waals surface area contributed by atoms with Crippen LogP contribution in [0.2, 0.25) is 0 Å². The topological polar surface area (TPSA) is 31.2 Å². The van der Waals surface area contributed by atoms with Crippen LogP contribution in [0.5, 0.6) is 0 Å². The van der Waals surface area contributed by atoms with E-state index in [0.717, 1.165) is 0 Å². The molecule has 0 amide bonds. The molecule has 1 heterocycles. The van der Waals surface area contributed by atoms with Gasteiger partial charge in [0.1, 0.15) is 11.5 Å². The van der Waals surface area contributed by atoms with Crippen molar-refractivity contribution < 1.29 is 13.9 Å². The summed E-state index contributed by atoms with van der Waals surface area (Å²) in [6.07, 6.45) is 1.76. The van der Waals surface area contributed by atoms with E-state index in [1.54, 1.807) is 35.0 Å². The van der Waals surface area contributed by atoms with Gasteiger partial charge in [0, 0.05) is 23.9 Å². The quantitative estimate of drug-likeness (QED) is 0.780. The molecule has 0 spiro atoms. The summed E-state index contributed by atoms with van der Waals surface area (Å²) in [4.78, 5) is 11.8. The number of aromatic nitrogens is 1. The van der Waals surface area contributed by atoms with Crippen molar-refractivity contribution in [3.8, 4) is 11.1 Å². The van der Waals surface area contributed by atoms with E-state index in [-0.39, 0.29) is 5.82 Å². The molecule has 0 N–H and O–H groups in total. The van der Waals surface area contributed by atoms with Crippen LogP contribution in [-0.2, 0) is 11.3 Å². The minimum atomic E-state index is -0.458. The molecule has 0 radical (unpaired) electrons. The molecule has 0 fully saturated rings. The zero-order chi connectivity index (χ0) is 13.1. The summed E-state index contributed by atoms with van der Waals surface area (Å²) in [6.45, 7) is 2.54. The molecule has 4 heteroatoms. The molecule has 1 aromatic carbocycles. The smallest absolute Gasteiger partial charge is 0.355 e. The van der Waals surface area contributed by atoms with E-state index in [1.807, 2.05) is 6.92 Å². The Balaban J connectivity index is 2.62. The average molecular weight is 247 g/mol. The third kappa shape index (κ3) is 2.01. The number of carbonyl (C=O) groups excluding carboxylic acids is 1. The number of esters is 1. The number of hydrogen-bond acceptors (Lipinski definition) is 2. The van der Waals surface area contributed by atoms with Gasteiger partial charge in [-0.05, 0) is 19.1 Å². The molecule has 3 nitrogen and oxygen atoms in total. The first-order chi connectivity index (χ1) is 8.69. The number of carbonyl (C=O) groups is 1. The maximum atomic E-state index is 13.8. The Morgan fingerprint density at radius 1 is 1.28 bits per heavy atom. The summed E-state index contributed by atoms with van der Waals surface area (Å²) in [5.41, 5.74) is 1.34. The van der Waals surface area contributed by atoms with E-state index in [0.29, 0.717) is 23.4 Å². The molecule has 0 atom stereocenters.